The maximum Gasteiger partial charge on any atom is 0.213 e. The van der Waals surface area contributed by atoms with Crippen LogP contribution in [-0.2, 0) is 6.54 Å². The van der Waals surface area contributed by atoms with E-state index in [4.69, 9.17) is 10.6 Å². The Labute approximate surface area is 105 Å². The van der Waals surface area contributed by atoms with Crippen molar-refractivity contribution in [3.63, 3.8) is 0 Å². The number of hydrogen-bond donors (Lipinski definition) is 3. The van der Waals surface area contributed by atoms with Crippen LogP contribution in [0.15, 0.2) is 36.5 Å². The first-order chi connectivity index (χ1) is 8.81. The summed E-state index contributed by atoms with van der Waals surface area (Å²) < 4.78 is 5.06. The normalized spacial score (nSPS) is 9.89. The summed E-state index contributed by atoms with van der Waals surface area (Å²) in [4.78, 5) is 8.30. The maximum atomic E-state index is 5.30. The second kappa shape index (κ2) is 5.83. The number of nitrogens with one attached hydrogen (secondary N) is 2. The number of nitrogens with two attached hydrogens (primary N) is 1. The topological polar surface area (TPSA) is 85.1 Å². The van der Waals surface area contributed by atoms with Gasteiger partial charge in [-0.2, -0.15) is 0 Å². The van der Waals surface area contributed by atoms with Gasteiger partial charge in [-0.25, -0.2) is 15.8 Å². The van der Waals surface area contributed by atoms with Crippen molar-refractivity contribution < 1.29 is 4.74 Å². The molecule has 0 aliphatic carbocycles. The Morgan fingerprint density at radius 2 is 2.11 bits per heavy atom. The van der Waals surface area contributed by atoms with Crippen molar-refractivity contribution in [2.45, 2.75) is 6.54 Å². The van der Waals surface area contributed by atoms with Crippen LogP contribution in [0, 0.1) is 0 Å². The summed E-state index contributed by atoms with van der Waals surface area (Å²) in [6.45, 7) is 0.639. The van der Waals surface area contributed by atoms with E-state index in [9.17, 15) is 0 Å². The minimum absolute atomic E-state index is 0.597. The molecule has 94 valence electrons. The van der Waals surface area contributed by atoms with Crippen LogP contribution in [0.1, 0.15) is 5.56 Å². The van der Waals surface area contributed by atoms with Gasteiger partial charge in [0.25, 0.3) is 0 Å². The third-order valence-electron chi connectivity index (χ3n) is 2.38. The third-order valence-corrected chi connectivity index (χ3v) is 2.38. The van der Waals surface area contributed by atoms with Crippen molar-refractivity contribution in [1.29, 1.82) is 0 Å². The molecule has 0 aliphatic rings. The summed E-state index contributed by atoms with van der Waals surface area (Å²) in [5.41, 5.74) is 3.57. The fraction of sp³-hybridized carbons (Fsp3) is 0.167. The zero-order chi connectivity index (χ0) is 12.8. The van der Waals surface area contributed by atoms with Gasteiger partial charge in [-0.05, 0) is 23.8 Å². The molecular weight excluding hydrogens is 230 g/mol. The van der Waals surface area contributed by atoms with Crippen molar-refractivity contribution >= 4 is 11.6 Å². The second-order valence-corrected chi connectivity index (χ2v) is 3.61. The fourth-order valence-electron chi connectivity index (χ4n) is 1.48. The molecule has 0 amide bonds. The molecule has 18 heavy (non-hydrogen) atoms. The number of nitrogen functional groups attached to an aromatic ring is 1. The molecule has 0 aromatic carbocycles. The number of hydrogen-bond acceptors (Lipinski definition) is 6. The Morgan fingerprint density at radius 1 is 1.28 bits per heavy atom. The van der Waals surface area contributed by atoms with E-state index in [0.29, 0.717) is 18.2 Å². The number of anilines is 2. The molecule has 2 aromatic heterocycles. The zero-order valence-corrected chi connectivity index (χ0v) is 10.1. The molecule has 0 aliphatic heterocycles. The van der Waals surface area contributed by atoms with Crippen LogP contribution in [0.4, 0.5) is 11.6 Å². The predicted octanol–water partition coefficient (Wildman–Crippen LogP) is 1.38. The zero-order valence-electron chi connectivity index (χ0n) is 10.1. The van der Waals surface area contributed by atoms with E-state index in [1.54, 1.807) is 19.4 Å². The van der Waals surface area contributed by atoms with Crippen molar-refractivity contribution in [3.8, 4) is 5.88 Å². The standard InChI is InChI=1S/C12H15N5O/c1-18-12-7-9(5-6-14-12)8-15-10-3-2-4-11(16-10)17-13/h2-7H,8,13H2,1H3,(H2,15,16,17). The molecule has 0 radical (unpaired) electrons. The monoisotopic (exact) mass is 245 g/mol. The average Bonchev–Trinajstić information content (AvgIpc) is 2.45. The van der Waals surface area contributed by atoms with Crippen LogP contribution in [0.5, 0.6) is 5.88 Å². The average molecular weight is 245 g/mol. The highest BCUT2D eigenvalue weighted by atomic mass is 16.5. The molecule has 4 N–H and O–H groups in total. The largest absolute Gasteiger partial charge is 0.481 e. The molecule has 0 saturated carbocycles. The highest BCUT2D eigenvalue weighted by Gasteiger charge is 1.99. The van der Waals surface area contributed by atoms with E-state index >= 15 is 0 Å². The molecular formula is C12H15N5O. The molecule has 2 heterocycles. The summed E-state index contributed by atoms with van der Waals surface area (Å²) in [7, 11) is 1.59. The van der Waals surface area contributed by atoms with Gasteiger partial charge < -0.3 is 15.5 Å². The van der Waals surface area contributed by atoms with Crippen LogP contribution in [0.25, 0.3) is 0 Å². The van der Waals surface area contributed by atoms with Gasteiger partial charge in [0.15, 0.2) is 0 Å². The quantitative estimate of drug-likeness (QED) is 0.545. The lowest BCUT2D eigenvalue weighted by Crippen LogP contribution is -2.09. The highest BCUT2D eigenvalue weighted by Crippen LogP contribution is 2.12. The van der Waals surface area contributed by atoms with Crippen molar-refractivity contribution in [1.82, 2.24) is 9.97 Å². The fourth-order valence-corrected chi connectivity index (χ4v) is 1.48. The lowest BCUT2D eigenvalue weighted by molar-refractivity contribution is 0.397. The van der Waals surface area contributed by atoms with Gasteiger partial charge in [-0.15, -0.1) is 0 Å². The molecule has 6 heteroatoms. The van der Waals surface area contributed by atoms with Gasteiger partial charge >= 0.3 is 0 Å². The number of ether oxygens (including phenoxy) is 1. The molecule has 0 unspecified atom stereocenters. The van der Waals surface area contributed by atoms with Crippen molar-refractivity contribution in [3.05, 3.63) is 42.1 Å². The molecule has 2 rings (SSSR count). The Kier molecular flexibility index (Phi) is 3.93. The lowest BCUT2D eigenvalue weighted by Gasteiger charge is -2.07. The Morgan fingerprint density at radius 3 is 2.89 bits per heavy atom. The van der Waals surface area contributed by atoms with Crippen LogP contribution in [0.3, 0.4) is 0 Å². The number of hydrazine groups is 1. The molecule has 0 bridgehead atoms. The highest BCUT2D eigenvalue weighted by molar-refractivity contribution is 5.44. The van der Waals surface area contributed by atoms with Crippen molar-refractivity contribution in [2.24, 2.45) is 5.84 Å². The first-order valence-corrected chi connectivity index (χ1v) is 5.48. The van der Waals surface area contributed by atoms with Gasteiger partial charge in [-0.3, -0.25) is 0 Å². The van der Waals surface area contributed by atoms with Crippen LogP contribution in [0.2, 0.25) is 0 Å². The van der Waals surface area contributed by atoms with Crippen LogP contribution in [-0.4, -0.2) is 17.1 Å². The summed E-state index contributed by atoms with van der Waals surface area (Å²) in [6, 6.07) is 9.33. The smallest absolute Gasteiger partial charge is 0.213 e. The van der Waals surface area contributed by atoms with E-state index in [1.165, 1.54) is 0 Å². The Hall–Kier alpha value is -2.34. The minimum Gasteiger partial charge on any atom is -0.481 e. The SMILES string of the molecule is COc1cc(CNc2cccc(NN)n2)ccn1. The van der Waals surface area contributed by atoms with Gasteiger partial charge in [0, 0.05) is 18.8 Å². The number of aromatic nitrogens is 2. The molecule has 0 spiro atoms. The maximum absolute atomic E-state index is 5.30. The van der Waals surface area contributed by atoms with E-state index in [1.807, 2.05) is 24.3 Å². The molecule has 2 aromatic rings. The summed E-state index contributed by atoms with van der Waals surface area (Å²) in [6.07, 6.45) is 1.71. The lowest BCUT2D eigenvalue weighted by atomic mass is 10.2. The van der Waals surface area contributed by atoms with Crippen LogP contribution >= 0.6 is 0 Å². The molecule has 0 atom stereocenters. The molecule has 0 saturated heterocycles. The molecule has 6 nitrogen and oxygen atoms in total. The first kappa shape index (κ1) is 12.1. The van der Waals surface area contributed by atoms with Gasteiger partial charge in [-0.1, -0.05) is 6.07 Å². The predicted molar refractivity (Wildman–Crippen MR) is 70.2 cm³/mol. The number of nitrogens with zero attached hydrogens (tertiary/aromatic N) is 2. The minimum atomic E-state index is 0.597. The Balaban J connectivity index is 2.01. The summed E-state index contributed by atoms with van der Waals surface area (Å²) in [5.74, 6) is 7.26. The first-order valence-electron chi connectivity index (χ1n) is 5.48. The number of rotatable bonds is 5. The van der Waals surface area contributed by atoms with Gasteiger partial charge in [0.1, 0.15) is 11.6 Å². The van der Waals surface area contributed by atoms with Gasteiger partial charge in [0.05, 0.1) is 7.11 Å². The summed E-state index contributed by atoms with van der Waals surface area (Å²) in [5, 5.41) is 3.20. The van der Waals surface area contributed by atoms with Crippen LogP contribution < -0.4 is 21.3 Å². The third kappa shape index (κ3) is 3.08. The Bertz CT molecular complexity index is 470. The van der Waals surface area contributed by atoms with Gasteiger partial charge in [0.2, 0.25) is 5.88 Å². The van der Waals surface area contributed by atoms with E-state index < -0.39 is 0 Å². The second-order valence-electron chi connectivity index (χ2n) is 3.61. The summed E-state index contributed by atoms with van der Waals surface area (Å²) >= 11 is 0. The number of methoxy groups -OCH3 is 1. The molecule has 0 fully saturated rings. The number of pyridine rings is 2. The van der Waals surface area contributed by atoms with E-state index in [0.717, 1.165) is 11.4 Å². The van der Waals surface area contributed by atoms with E-state index in [2.05, 4.69) is 20.7 Å². The van der Waals surface area contributed by atoms with E-state index in [-0.39, 0.29) is 0 Å². The van der Waals surface area contributed by atoms with Crippen molar-refractivity contribution in [2.75, 3.05) is 17.9 Å².